The molecule has 0 radical (unpaired) electrons. The Balaban J connectivity index is 1.79. The fraction of sp³-hybridized carbons (Fsp3) is 0.227. The van der Waals surface area contributed by atoms with E-state index >= 15 is 0 Å². The minimum atomic E-state index is -0.871. The van der Waals surface area contributed by atoms with Crippen molar-refractivity contribution in [1.82, 2.24) is 9.78 Å². The number of carbonyl (C=O) groups excluding carboxylic acids is 1. The Morgan fingerprint density at radius 3 is 2.29 bits per heavy atom. The molecular weight excluding hydrogens is 405 g/mol. The van der Waals surface area contributed by atoms with E-state index in [9.17, 15) is 14.0 Å². The van der Waals surface area contributed by atoms with Crippen LogP contribution in [0.1, 0.15) is 13.3 Å². The first kappa shape index (κ1) is 21.8. The number of hydrogen-bond donors (Lipinski definition) is 1. The Hall–Kier alpha value is -3.88. The second kappa shape index (κ2) is 9.75. The van der Waals surface area contributed by atoms with Gasteiger partial charge < -0.3 is 19.5 Å². The van der Waals surface area contributed by atoms with Crippen LogP contribution in [0.15, 0.2) is 59.4 Å². The summed E-state index contributed by atoms with van der Waals surface area (Å²) in [7, 11) is 3.03. The van der Waals surface area contributed by atoms with Gasteiger partial charge in [0.2, 0.25) is 5.88 Å². The van der Waals surface area contributed by atoms with Crippen molar-refractivity contribution in [3.63, 3.8) is 0 Å². The molecule has 1 heterocycles. The predicted octanol–water partition coefficient (Wildman–Crippen LogP) is 3.18. The van der Waals surface area contributed by atoms with Gasteiger partial charge in [-0.1, -0.05) is 6.92 Å². The van der Waals surface area contributed by atoms with Gasteiger partial charge in [0.05, 0.1) is 19.9 Å². The molecule has 0 saturated heterocycles. The zero-order valence-corrected chi connectivity index (χ0v) is 17.3. The van der Waals surface area contributed by atoms with Crippen LogP contribution < -0.4 is 25.1 Å². The standard InChI is InChI=1S/C22H22FN3O5/c1-4-19(22(28)24-15-11-17(29-2)13-18(12-15)30-3)31-20-9-10-21(27)26(25-20)16-7-5-14(23)6-8-16/h5-13,19H,4H2,1-3H3,(H,24,28). The van der Waals surface area contributed by atoms with Gasteiger partial charge in [-0.05, 0) is 30.7 Å². The molecule has 2 aromatic carbocycles. The summed E-state index contributed by atoms with van der Waals surface area (Å²) in [5.74, 6) is 0.294. The van der Waals surface area contributed by atoms with Crippen molar-refractivity contribution in [3.05, 3.63) is 70.8 Å². The summed E-state index contributed by atoms with van der Waals surface area (Å²) in [5, 5.41) is 6.91. The molecule has 9 heteroatoms. The molecule has 1 aromatic heterocycles. The molecule has 0 aliphatic heterocycles. The van der Waals surface area contributed by atoms with E-state index in [1.165, 1.54) is 50.6 Å². The van der Waals surface area contributed by atoms with Crippen LogP contribution in [0.3, 0.4) is 0 Å². The lowest BCUT2D eigenvalue weighted by atomic mass is 10.2. The summed E-state index contributed by atoms with van der Waals surface area (Å²) in [5.41, 5.74) is 0.435. The highest BCUT2D eigenvalue weighted by atomic mass is 19.1. The van der Waals surface area contributed by atoms with E-state index in [4.69, 9.17) is 14.2 Å². The second-order valence-corrected chi connectivity index (χ2v) is 6.50. The molecule has 0 bridgehead atoms. The molecule has 0 saturated carbocycles. The molecule has 0 aliphatic rings. The van der Waals surface area contributed by atoms with Crippen LogP contribution in [0.5, 0.6) is 17.4 Å². The van der Waals surface area contributed by atoms with Crippen LogP contribution in [-0.4, -0.2) is 36.0 Å². The number of hydrogen-bond acceptors (Lipinski definition) is 6. The van der Waals surface area contributed by atoms with Gasteiger partial charge in [-0.25, -0.2) is 4.39 Å². The highest BCUT2D eigenvalue weighted by Gasteiger charge is 2.20. The fourth-order valence-corrected chi connectivity index (χ4v) is 2.79. The quantitative estimate of drug-likeness (QED) is 0.594. The Labute approximate surface area is 178 Å². The molecule has 1 amide bonds. The molecule has 1 unspecified atom stereocenters. The van der Waals surface area contributed by atoms with Gasteiger partial charge in [0.25, 0.3) is 11.5 Å². The summed E-state index contributed by atoms with van der Waals surface area (Å²) in [6.45, 7) is 1.78. The summed E-state index contributed by atoms with van der Waals surface area (Å²) in [6, 6.07) is 12.9. The summed E-state index contributed by atoms with van der Waals surface area (Å²) < 4.78 is 30.4. The topological polar surface area (TPSA) is 91.7 Å². The molecule has 1 N–H and O–H groups in total. The average molecular weight is 427 g/mol. The largest absolute Gasteiger partial charge is 0.497 e. The van der Waals surface area contributed by atoms with E-state index in [0.717, 1.165) is 4.68 Å². The average Bonchev–Trinajstić information content (AvgIpc) is 2.78. The summed E-state index contributed by atoms with van der Waals surface area (Å²) >= 11 is 0. The van der Waals surface area contributed by atoms with Gasteiger partial charge in [-0.3, -0.25) is 9.59 Å². The Morgan fingerprint density at radius 2 is 1.71 bits per heavy atom. The molecule has 0 fully saturated rings. The molecule has 3 rings (SSSR count). The number of benzene rings is 2. The Kier molecular flexibility index (Phi) is 6.86. The minimum Gasteiger partial charge on any atom is -0.497 e. The number of methoxy groups -OCH3 is 2. The molecule has 1 atom stereocenters. The number of rotatable bonds is 8. The van der Waals surface area contributed by atoms with Crippen molar-refractivity contribution in [2.75, 3.05) is 19.5 Å². The zero-order valence-electron chi connectivity index (χ0n) is 17.3. The number of halogens is 1. The van der Waals surface area contributed by atoms with Crippen molar-refractivity contribution in [3.8, 4) is 23.1 Å². The number of nitrogens with zero attached hydrogens (tertiary/aromatic N) is 2. The van der Waals surface area contributed by atoms with Gasteiger partial charge in [0.15, 0.2) is 6.10 Å². The van der Waals surface area contributed by atoms with E-state index in [1.807, 2.05) is 0 Å². The molecule has 0 aliphatic carbocycles. The third kappa shape index (κ3) is 5.39. The Bertz CT molecular complexity index is 1090. The number of nitrogens with one attached hydrogen (secondary N) is 1. The second-order valence-electron chi connectivity index (χ2n) is 6.50. The number of amides is 1. The smallest absolute Gasteiger partial charge is 0.271 e. The van der Waals surface area contributed by atoms with Crippen molar-refractivity contribution < 1.29 is 23.4 Å². The first-order valence-electron chi connectivity index (χ1n) is 9.50. The minimum absolute atomic E-state index is 0.0779. The normalized spacial score (nSPS) is 11.5. The van der Waals surface area contributed by atoms with E-state index in [1.54, 1.807) is 25.1 Å². The van der Waals surface area contributed by atoms with E-state index in [0.29, 0.717) is 29.3 Å². The lowest BCUT2D eigenvalue weighted by molar-refractivity contribution is -0.123. The highest BCUT2D eigenvalue weighted by Crippen LogP contribution is 2.26. The first-order chi connectivity index (χ1) is 14.9. The SMILES string of the molecule is CCC(Oc1ccc(=O)n(-c2ccc(F)cc2)n1)C(=O)Nc1cc(OC)cc(OC)c1. The highest BCUT2D eigenvalue weighted by molar-refractivity contribution is 5.94. The first-order valence-corrected chi connectivity index (χ1v) is 9.50. The third-order valence-electron chi connectivity index (χ3n) is 4.39. The fourth-order valence-electron chi connectivity index (χ4n) is 2.79. The van der Waals surface area contributed by atoms with Crippen LogP contribution in [0.25, 0.3) is 5.69 Å². The lowest BCUT2D eigenvalue weighted by Crippen LogP contribution is -2.33. The van der Waals surface area contributed by atoms with Gasteiger partial charge in [-0.15, -0.1) is 5.10 Å². The monoisotopic (exact) mass is 427 g/mol. The predicted molar refractivity (Wildman–Crippen MR) is 113 cm³/mol. The molecule has 3 aromatic rings. The van der Waals surface area contributed by atoms with Crippen LogP contribution >= 0.6 is 0 Å². The maximum absolute atomic E-state index is 13.2. The van der Waals surface area contributed by atoms with Gasteiger partial charge in [0.1, 0.15) is 17.3 Å². The maximum Gasteiger partial charge on any atom is 0.271 e. The number of aromatic nitrogens is 2. The number of anilines is 1. The van der Waals surface area contributed by atoms with Crippen LogP contribution in [0.4, 0.5) is 10.1 Å². The lowest BCUT2D eigenvalue weighted by Gasteiger charge is -2.18. The number of carbonyl (C=O) groups is 1. The molecular formula is C22H22FN3O5. The molecule has 162 valence electrons. The van der Waals surface area contributed by atoms with Crippen molar-refractivity contribution in [1.29, 1.82) is 0 Å². The molecule has 0 spiro atoms. The molecule has 31 heavy (non-hydrogen) atoms. The maximum atomic E-state index is 13.2. The van der Waals surface area contributed by atoms with Crippen LogP contribution in [0, 0.1) is 5.82 Å². The Morgan fingerprint density at radius 1 is 1.06 bits per heavy atom. The van der Waals surface area contributed by atoms with E-state index in [2.05, 4.69) is 10.4 Å². The van der Waals surface area contributed by atoms with Crippen molar-refractivity contribution >= 4 is 11.6 Å². The van der Waals surface area contributed by atoms with Gasteiger partial charge in [0, 0.05) is 36.0 Å². The van der Waals surface area contributed by atoms with E-state index < -0.39 is 23.4 Å². The number of ether oxygens (including phenoxy) is 3. The van der Waals surface area contributed by atoms with Crippen LogP contribution in [-0.2, 0) is 4.79 Å². The van der Waals surface area contributed by atoms with Crippen molar-refractivity contribution in [2.24, 2.45) is 0 Å². The van der Waals surface area contributed by atoms with Gasteiger partial charge in [-0.2, -0.15) is 4.68 Å². The summed E-state index contributed by atoms with van der Waals surface area (Å²) in [4.78, 5) is 24.9. The van der Waals surface area contributed by atoms with E-state index in [-0.39, 0.29) is 5.88 Å². The van der Waals surface area contributed by atoms with Crippen molar-refractivity contribution in [2.45, 2.75) is 19.4 Å². The summed E-state index contributed by atoms with van der Waals surface area (Å²) in [6.07, 6.45) is -0.520. The molecule has 8 nitrogen and oxygen atoms in total. The van der Waals surface area contributed by atoms with Gasteiger partial charge >= 0.3 is 0 Å². The third-order valence-corrected chi connectivity index (χ3v) is 4.39. The zero-order chi connectivity index (χ0) is 22.4. The van der Waals surface area contributed by atoms with Crippen LogP contribution in [0.2, 0.25) is 0 Å².